The minimum absolute atomic E-state index is 0.00596. The number of hydrogen-bond acceptors (Lipinski definition) is 5. The monoisotopic (exact) mass is 553 g/mol. The van der Waals surface area contributed by atoms with Gasteiger partial charge >= 0.3 is 0 Å². The maximum atomic E-state index is 12.7. The van der Waals surface area contributed by atoms with Gasteiger partial charge in [0.05, 0.1) is 17.1 Å². The molecule has 7 nitrogen and oxygen atoms in total. The Bertz CT molecular complexity index is 1090. The number of sulfonamides is 1. The molecular formula is C23H28BrN3O4S2. The van der Waals surface area contributed by atoms with Crippen molar-refractivity contribution in [3.05, 3.63) is 52.5 Å². The van der Waals surface area contributed by atoms with Gasteiger partial charge in [-0.1, -0.05) is 42.1 Å². The molecule has 0 aromatic heterocycles. The third kappa shape index (κ3) is 7.49. The van der Waals surface area contributed by atoms with Crippen LogP contribution in [-0.2, 0) is 10.0 Å². The van der Waals surface area contributed by atoms with E-state index in [1.54, 1.807) is 30.3 Å². The first kappa shape index (κ1) is 25.6. The molecule has 0 heterocycles. The van der Waals surface area contributed by atoms with Crippen LogP contribution in [0.15, 0.2) is 51.8 Å². The van der Waals surface area contributed by atoms with Crippen molar-refractivity contribution in [2.24, 2.45) is 0 Å². The molecule has 0 spiro atoms. The summed E-state index contributed by atoms with van der Waals surface area (Å²) in [5.41, 5.74) is 0.922. The van der Waals surface area contributed by atoms with Gasteiger partial charge in [-0.15, -0.1) is 0 Å². The van der Waals surface area contributed by atoms with E-state index in [-0.39, 0.29) is 16.0 Å². The maximum absolute atomic E-state index is 12.7. The molecule has 1 aliphatic rings. The molecule has 0 unspecified atom stereocenters. The zero-order chi connectivity index (χ0) is 23.8. The lowest BCUT2D eigenvalue weighted by atomic mass is 9.96. The fraction of sp³-hybridized carbons (Fsp3) is 0.391. The van der Waals surface area contributed by atoms with Crippen LogP contribution in [0.4, 0.5) is 5.69 Å². The van der Waals surface area contributed by atoms with E-state index < -0.39 is 15.9 Å². The molecule has 1 saturated carbocycles. The lowest BCUT2D eigenvalue weighted by Gasteiger charge is -2.22. The number of amides is 1. The van der Waals surface area contributed by atoms with Crippen molar-refractivity contribution in [1.82, 2.24) is 10.0 Å². The lowest BCUT2D eigenvalue weighted by Crippen LogP contribution is -2.36. The van der Waals surface area contributed by atoms with Crippen LogP contribution in [0.5, 0.6) is 5.75 Å². The minimum atomic E-state index is -3.58. The smallest absolute Gasteiger partial charge is 0.261 e. The van der Waals surface area contributed by atoms with E-state index >= 15 is 0 Å². The summed E-state index contributed by atoms with van der Waals surface area (Å²) in [6.45, 7) is 2.48. The van der Waals surface area contributed by atoms with Crippen LogP contribution in [0, 0.1) is 0 Å². The molecule has 1 aliphatic carbocycles. The minimum Gasteiger partial charge on any atom is -0.493 e. The van der Waals surface area contributed by atoms with Crippen LogP contribution in [0.25, 0.3) is 0 Å². The summed E-state index contributed by atoms with van der Waals surface area (Å²) in [4.78, 5) is 12.9. The molecule has 1 amide bonds. The number of hydrogen-bond donors (Lipinski definition) is 3. The predicted octanol–water partition coefficient (Wildman–Crippen LogP) is 4.98. The van der Waals surface area contributed by atoms with Crippen molar-refractivity contribution >= 4 is 54.9 Å². The second kappa shape index (κ2) is 11.9. The zero-order valence-corrected chi connectivity index (χ0v) is 21.6. The van der Waals surface area contributed by atoms with Crippen LogP contribution in [-0.4, -0.2) is 32.1 Å². The molecule has 2 aromatic rings. The predicted molar refractivity (Wildman–Crippen MR) is 137 cm³/mol. The Hall–Kier alpha value is -2.01. The second-order valence-electron chi connectivity index (χ2n) is 7.88. The number of ether oxygens (including phenoxy) is 1. The third-order valence-electron chi connectivity index (χ3n) is 5.22. The normalized spacial score (nSPS) is 14.5. The van der Waals surface area contributed by atoms with Crippen molar-refractivity contribution in [2.75, 3.05) is 11.9 Å². The van der Waals surface area contributed by atoms with E-state index in [2.05, 4.69) is 31.3 Å². The molecule has 3 N–H and O–H groups in total. The van der Waals surface area contributed by atoms with E-state index in [0.29, 0.717) is 23.6 Å². The van der Waals surface area contributed by atoms with E-state index in [1.165, 1.54) is 12.1 Å². The van der Waals surface area contributed by atoms with Gasteiger partial charge in [0.2, 0.25) is 10.0 Å². The standard InChI is InChI=1S/C23H28BrN3O4S2/c1-2-14-31-21-13-8-16(24)15-20(21)22(28)26-23(32)25-17-9-11-19(12-10-17)33(29,30)27-18-6-4-3-5-7-18/h8-13,15,18,27H,2-7,14H2,1H3,(H2,25,26,28,32). The lowest BCUT2D eigenvalue weighted by molar-refractivity contribution is 0.0973. The number of anilines is 1. The fourth-order valence-corrected chi connectivity index (χ4v) is 5.45. The SMILES string of the molecule is CCCOc1ccc(Br)cc1C(=O)NC(=S)Nc1ccc(S(=O)(=O)NC2CCCCC2)cc1. The Morgan fingerprint density at radius 2 is 1.82 bits per heavy atom. The Morgan fingerprint density at radius 3 is 2.48 bits per heavy atom. The largest absolute Gasteiger partial charge is 0.493 e. The Labute approximate surface area is 208 Å². The van der Waals surface area contributed by atoms with Gasteiger partial charge in [-0.25, -0.2) is 13.1 Å². The molecule has 10 heteroatoms. The van der Waals surface area contributed by atoms with Crippen LogP contribution in [0.3, 0.4) is 0 Å². The quantitative estimate of drug-likeness (QED) is 0.399. The highest BCUT2D eigenvalue weighted by atomic mass is 79.9. The van der Waals surface area contributed by atoms with Gasteiger partial charge in [-0.2, -0.15) is 0 Å². The van der Waals surface area contributed by atoms with Gasteiger partial charge in [-0.05, 0) is 73.9 Å². The van der Waals surface area contributed by atoms with E-state index in [1.807, 2.05) is 6.92 Å². The second-order valence-corrected chi connectivity index (χ2v) is 10.9. The number of thiocarbonyl (C=S) groups is 1. The molecule has 0 radical (unpaired) electrons. The zero-order valence-electron chi connectivity index (χ0n) is 18.4. The third-order valence-corrected chi connectivity index (χ3v) is 7.46. The van der Waals surface area contributed by atoms with Crippen LogP contribution in [0.1, 0.15) is 55.8 Å². The number of nitrogens with one attached hydrogen (secondary N) is 3. The van der Waals surface area contributed by atoms with Crippen molar-refractivity contribution in [3.8, 4) is 5.75 Å². The molecule has 0 atom stereocenters. The summed E-state index contributed by atoms with van der Waals surface area (Å²) in [5.74, 6) is 0.0659. The molecular weight excluding hydrogens is 526 g/mol. The average molecular weight is 555 g/mol. The molecule has 2 aromatic carbocycles. The van der Waals surface area contributed by atoms with E-state index in [4.69, 9.17) is 17.0 Å². The number of rotatable bonds is 8. The van der Waals surface area contributed by atoms with Gasteiger partial charge in [0, 0.05) is 16.2 Å². The number of benzene rings is 2. The first-order valence-electron chi connectivity index (χ1n) is 11.0. The first-order chi connectivity index (χ1) is 15.8. The molecule has 0 aliphatic heterocycles. The Balaban J connectivity index is 1.61. The summed E-state index contributed by atoms with van der Waals surface area (Å²) < 4.78 is 34.5. The summed E-state index contributed by atoms with van der Waals surface area (Å²) in [7, 11) is -3.58. The Morgan fingerprint density at radius 1 is 1.12 bits per heavy atom. The van der Waals surface area contributed by atoms with Gasteiger partial charge < -0.3 is 10.1 Å². The van der Waals surface area contributed by atoms with E-state index in [9.17, 15) is 13.2 Å². The van der Waals surface area contributed by atoms with Crippen molar-refractivity contribution in [3.63, 3.8) is 0 Å². The van der Waals surface area contributed by atoms with Crippen LogP contribution in [0.2, 0.25) is 0 Å². The molecule has 33 heavy (non-hydrogen) atoms. The van der Waals surface area contributed by atoms with Crippen LogP contribution < -0.4 is 20.1 Å². The average Bonchev–Trinajstić information content (AvgIpc) is 2.79. The van der Waals surface area contributed by atoms with Crippen molar-refractivity contribution in [2.45, 2.75) is 56.4 Å². The summed E-state index contributed by atoms with van der Waals surface area (Å²) >= 11 is 8.63. The summed E-state index contributed by atoms with van der Waals surface area (Å²) in [5, 5.41) is 5.64. The number of carbonyl (C=O) groups is 1. The maximum Gasteiger partial charge on any atom is 0.261 e. The van der Waals surface area contributed by atoms with Gasteiger partial charge in [0.25, 0.3) is 5.91 Å². The van der Waals surface area contributed by atoms with Crippen molar-refractivity contribution < 1.29 is 17.9 Å². The molecule has 0 saturated heterocycles. The van der Waals surface area contributed by atoms with Gasteiger partial charge in [0.15, 0.2) is 5.11 Å². The molecule has 1 fully saturated rings. The summed E-state index contributed by atoms with van der Waals surface area (Å²) in [6, 6.07) is 11.5. The highest BCUT2D eigenvalue weighted by Gasteiger charge is 2.22. The number of halogens is 1. The highest BCUT2D eigenvalue weighted by Crippen LogP contribution is 2.24. The van der Waals surface area contributed by atoms with E-state index in [0.717, 1.165) is 43.0 Å². The molecule has 178 valence electrons. The first-order valence-corrected chi connectivity index (χ1v) is 13.6. The highest BCUT2D eigenvalue weighted by molar-refractivity contribution is 9.10. The number of carbonyl (C=O) groups excluding carboxylic acids is 1. The van der Waals surface area contributed by atoms with Gasteiger partial charge in [0.1, 0.15) is 5.75 Å². The summed E-state index contributed by atoms with van der Waals surface area (Å²) in [6.07, 6.45) is 5.81. The van der Waals surface area contributed by atoms with Crippen molar-refractivity contribution in [1.29, 1.82) is 0 Å². The van der Waals surface area contributed by atoms with Crippen LogP contribution >= 0.6 is 28.1 Å². The van der Waals surface area contributed by atoms with Gasteiger partial charge in [-0.3, -0.25) is 10.1 Å². The fourth-order valence-electron chi connectivity index (χ4n) is 3.58. The Kier molecular flexibility index (Phi) is 9.25. The topological polar surface area (TPSA) is 96.5 Å². The molecule has 0 bridgehead atoms. The molecule has 3 rings (SSSR count).